The van der Waals surface area contributed by atoms with E-state index in [2.05, 4.69) is 4.98 Å². The summed E-state index contributed by atoms with van der Waals surface area (Å²) in [4.78, 5) is 3.06. The largest absolute Gasteiger partial charge is 0.457 e. The van der Waals surface area contributed by atoms with E-state index < -0.39 is 0 Å². The summed E-state index contributed by atoms with van der Waals surface area (Å²) in [7, 11) is 0. The molecule has 0 N–H and O–H groups in total. The van der Waals surface area contributed by atoms with Crippen molar-refractivity contribution in [2.75, 3.05) is 0 Å². The lowest BCUT2D eigenvalue weighted by Crippen LogP contribution is -1.82. The monoisotopic (exact) mass is 231 g/mol. The molecule has 0 aromatic heterocycles. The highest BCUT2D eigenvalue weighted by atomic mass is 35.5. The van der Waals surface area contributed by atoms with Crippen molar-refractivity contribution in [1.29, 1.82) is 5.39 Å². The van der Waals surface area contributed by atoms with E-state index in [-0.39, 0.29) is 0 Å². The third kappa shape index (κ3) is 2.50. The zero-order chi connectivity index (χ0) is 11.4. The van der Waals surface area contributed by atoms with E-state index >= 15 is 0 Å². The molecule has 16 heavy (non-hydrogen) atoms. The summed E-state index contributed by atoms with van der Waals surface area (Å²) in [6, 6.07) is 13.9. The smallest absolute Gasteiger partial charge is 0.385 e. The summed E-state index contributed by atoms with van der Waals surface area (Å²) in [5.41, 5.74) is 0.485. The van der Waals surface area contributed by atoms with Crippen molar-refractivity contribution in [2.45, 2.75) is 0 Å². The minimum atomic E-state index is 0.485. The van der Waals surface area contributed by atoms with Crippen LogP contribution < -0.4 is 4.74 Å². The van der Waals surface area contributed by atoms with Crippen molar-refractivity contribution in [3.63, 3.8) is 0 Å². The molecule has 2 aromatic carbocycles. The van der Waals surface area contributed by atoms with Gasteiger partial charge in [-0.05, 0) is 30.3 Å². The first-order valence-corrected chi connectivity index (χ1v) is 5.04. The summed E-state index contributed by atoms with van der Waals surface area (Å²) in [6.45, 7) is 0. The molecule has 4 heteroatoms. The van der Waals surface area contributed by atoms with Gasteiger partial charge in [-0.3, -0.25) is 0 Å². The van der Waals surface area contributed by atoms with Crippen molar-refractivity contribution in [3.8, 4) is 11.5 Å². The van der Waals surface area contributed by atoms with Crippen LogP contribution in [0.15, 0.2) is 48.5 Å². The van der Waals surface area contributed by atoms with Crippen LogP contribution >= 0.6 is 11.6 Å². The van der Waals surface area contributed by atoms with Gasteiger partial charge in [-0.15, -0.1) is 0 Å². The molecule has 0 heterocycles. The second-order valence-corrected chi connectivity index (χ2v) is 3.59. The Balaban J connectivity index is 2.18. The molecule has 0 unspecified atom stereocenters. The van der Waals surface area contributed by atoms with Crippen LogP contribution in [0.25, 0.3) is 4.98 Å². The summed E-state index contributed by atoms with van der Waals surface area (Å²) in [5, 5.41) is 9.15. The Morgan fingerprint density at radius 1 is 1.00 bits per heavy atom. The molecule has 0 aliphatic heterocycles. The lowest BCUT2D eigenvalue weighted by atomic mass is 10.3. The Labute approximate surface area is 97.9 Å². The number of halogens is 1. The summed E-state index contributed by atoms with van der Waals surface area (Å²) in [5.74, 6) is 1.33. The second-order valence-electron chi connectivity index (χ2n) is 3.15. The van der Waals surface area contributed by atoms with Gasteiger partial charge in [-0.25, -0.2) is 0 Å². The number of rotatable bonds is 2. The highest BCUT2D eigenvalue weighted by molar-refractivity contribution is 6.30. The highest BCUT2D eigenvalue weighted by Gasteiger charge is 2.04. The molecule has 0 saturated heterocycles. The molecule has 0 atom stereocenters. The van der Waals surface area contributed by atoms with Crippen LogP contribution in [0.2, 0.25) is 5.02 Å². The van der Waals surface area contributed by atoms with Gasteiger partial charge < -0.3 is 4.74 Å². The van der Waals surface area contributed by atoms with Crippen molar-refractivity contribution in [2.24, 2.45) is 0 Å². The molecule has 2 rings (SSSR count). The Morgan fingerprint density at radius 2 is 1.75 bits per heavy atom. The number of ether oxygens (including phenoxy) is 1. The molecule has 0 spiro atoms. The minimum Gasteiger partial charge on any atom is -0.457 e. The molecule has 0 aliphatic carbocycles. The zero-order valence-electron chi connectivity index (χ0n) is 8.30. The molecular formula is C12H8ClN2O+. The number of nitrogens with zero attached hydrogens (tertiary/aromatic N) is 2. The average molecular weight is 232 g/mol. The minimum absolute atomic E-state index is 0.485. The normalized spacial score (nSPS) is 9.50. The van der Waals surface area contributed by atoms with Crippen LogP contribution in [0.3, 0.4) is 0 Å². The first-order valence-electron chi connectivity index (χ1n) is 4.66. The summed E-state index contributed by atoms with van der Waals surface area (Å²) in [6.07, 6.45) is 0. The third-order valence-corrected chi connectivity index (χ3v) is 2.22. The Morgan fingerprint density at radius 3 is 2.38 bits per heavy atom. The second kappa shape index (κ2) is 4.65. The van der Waals surface area contributed by atoms with E-state index in [0.29, 0.717) is 22.2 Å². The van der Waals surface area contributed by atoms with Gasteiger partial charge in [0, 0.05) is 17.2 Å². The van der Waals surface area contributed by atoms with Gasteiger partial charge in [0.05, 0.1) is 0 Å². The van der Waals surface area contributed by atoms with Crippen molar-refractivity contribution in [3.05, 3.63) is 58.5 Å². The fraction of sp³-hybridized carbons (Fsp3) is 0. The predicted octanol–water partition coefficient (Wildman–Crippen LogP) is 4.62. The zero-order valence-corrected chi connectivity index (χ0v) is 9.06. The molecule has 0 amide bonds. The van der Waals surface area contributed by atoms with Gasteiger partial charge in [0.2, 0.25) is 5.39 Å². The summed E-state index contributed by atoms with van der Waals surface area (Å²) < 4.78 is 5.55. The van der Waals surface area contributed by atoms with Gasteiger partial charge in [0.15, 0.2) is 4.98 Å². The van der Waals surface area contributed by atoms with Gasteiger partial charge in [0.25, 0.3) is 0 Å². The van der Waals surface area contributed by atoms with E-state index in [1.54, 1.807) is 36.4 Å². The van der Waals surface area contributed by atoms with Crippen molar-refractivity contribution < 1.29 is 4.74 Å². The molecule has 0 fully saturated rings. The van der Waals surface area contributed by atoms with E-state index in [4.69, 9.17) is 21.7 Å². The van der Waals surface area contributed by atoms with E-state index in [0.717, 1.165) is 0 Å². The van der Waals surface area contributed by atoms with Gasteiger partial charge >= 0.3 is 5.69 Å². The lowest BCUT2D eigenvalue weighted by molar-refractivity contribution is 0.483. The van der Waals surface area contributed by atoms with Crippen molar-refractivity contribution >= 4 is 17.3 Å². The Bertz CT molecular complexity index is 531. The van der Waals surface area contributed by atoms with E-state index in [1.165, 1.54) is 0 Å². The standard InChI is InChI=1S/C12H8ClN2O/c13-9-2-1-3-12(8-9)16-11-6-4-10(15-14)5-7-11/h1-8H/q+1. The van der Waals surface area contributed by atoms with Crippen LogP contribution in [-0.4, -0.2) is 0 Å². The van der Waals surface area contributed by atoms with Crippen LogP contribution in [0.4, 0.5) is 5.69 Å². The van der Waals surface area contributed by atoms with E-state index in [9.17, 15) is 0 Å². The molecule has 2 aromatic rings. The maximum absolute atomic E-state index is 8.52. The molecule has 0 aliphatic rings. The first-order chi connectivity index (χ1) is 7.78. The average Bonchev–Trinajstić information content (AvgIpc) is 2.30. The Hall–Kier alpha value is -2.05. The quantitative estimate of drug-likeness (QED) is 0.708. The maximum Gasteiger partial charge on any atom is 0.385 e. The molecule has 0 saturated carbocycles. The van der Waals surface area contributed by atoms with Crippen LogP contribution in [0.1, 0.15) is 0 Å². The fourth-order valence-electron chi connectivity index (χ4n) is 1.25. The molecule has 0 radical (unpaired) electrons. The lowest BCUT2D eigenvalue weighted by Gasteiger charge is -2.04. The molecular weight excluding hydrogens is 224 g/mol. The van der Waals surface area contributed by atoms with Gasteiger partial charge in [-0.1, -0.05) is 17.7 Å². The topological polar surface area (TPSA) is 37.4 Å². The number of benzene rings is 2. The fourth-order valence-corrected chi connectivity index (χ4v) is 1.43. The first kappa shape index (κ1) is 10.5. The Kier molecular flexibility index (Phi) is 3.04. The highest BCUT2D eigenvalue weighted by Crippen LogP contribution is 2.25. The van der Waals surface area contributed by atoms with Gasteiger partial charge in [-0.2, -0.15) is 0 Å². The van der Waals surface area contributed by atoms with E-state index in [1.807, 2.05) is 12.1 Å². The molecule has 0 bridgehead atoms. The van der Waals surface area contributed by atoms with Crippen LogP contribution in [0, 0.1) is 5.39 Å². The number of hydrogen-bond acceptors (Lipinski definition) is 2. The summed E-state index contributed by atoms with van der Waals surface area (Å²) >= 11 is 5.83. The molecule has 78 valence electrons. The predicted molar refractivity (Wildman–Crippen MR) is 62.7 cm³/mol. The molecule has 3 nitrogen and oxygen atoms in total. The van der Waals surface area contributed by atoms with Crippen LogP contribution in [0.5, 0.6) is 11.5 Å². The number of hydrogen-bond donors (Lipinski definition) is 0. The maximum atomic E-state index is 8.52. The third-order valence-electron chi connectivity index (χ3n) is 1.98. The number of diazo groups is 1. The SMILES string of the molecule is N#[N+]c1ccc(Oc2cccc(Cl)c2)cc1. The van der Waals surface area contributed by atoms with Crippen LogP contribution in [-0.2, 0) is 0 Å². The van der Waals surface area contributed by atoms with Crippen molar-refractivity contribution in [1.82, 2.24) is 0 Å². The van der Waals surface area contributed by atoms with Gasteiger partial charge in [0.1, 0.15) is 11.5 Å².